The standard InChI is InChI=1S/C108H180N4O10Si2/c1-11-15-17-19-21-23-25-29-37-53-77-109(5,6)81-83-111(9,75-13-3)79-55-39-33-41-57-85-115-95-69-65-93(66-70-95)103(113,91-61-47-45-48-62-91)73-51-35-28-27-31-43-59-87-123-117-99-89-97-101-102-98-90-100-106(98)108(102,107(101,121-123)105(97,99)119-123)122-124(118-100,120-106)88-60-44-32-36-52-74-104(114,92-63-49-46-50-64-92)94-67-71-96(72-68-94)116-86-58-42-34-40-56-80-112(10,76-14-4)84-82-110(7,8)78-54-38-30-26-24-22-20-18-16-12-2/h45-50,61-72,97-102,113-114H,11-44,51-60,73-90H2,1-10H3/q+4. The Morgan fingerprint density at radius 3 is 0.952 bits per heavy atom. The number of hydrogen-bond donors (Lipinski definition) is 2. The number of quaternary nitrogens is 4. The number of nitrogens with zero attached hydrogens (tertiary/aromatic N) is 4. The van der Waals surface area contributed by atoms with Crippen LogP contribution in [0.2, 0.25) is 12.1 Å². The Morgan fingerprint density at radius 2 is 0.613 bits per heavy atom. The van der Waals surface area contributed by atoms with Gasteiger partial charge in [0.1, 0.15) is 71.3 Å². The predicted octanol–water partition coefficient (Wildman–Crippen LogP) is 24.7. The van der Waals surface area contributed by atoms with E-state index in [0.717, 1.165) is 158 Å². The molecule has 16 atom stereocenters. The summed E-state index contributed by atoms with van der Waals surface area (Å²) in [7, 11) is 9.06. The number of likely N-dealkylation sites (N-methyl/N-ethyl adjacent to an activating group) is 4. The van der Waals surface area contributed by atoms with E-state index in [1.54, 1.807) is 0 Å². The molecule has 124 heavy (non-hydrogen) atoms. The normalized spacial score (nSPS) is 28.2. The fraction of sp³-hybridized carbons (Fsp3) is 0.778. The van der Waals surface area contributed by atoms with E-state index >= 15 is 0 Å². The van der Waals surface area contributed by atoms with Gasteiger partial charge in [-0.1, -0.05) is 292 Å². The molecular formula is C108H180N4O10Si2+4. The molecule has 16 unspecified atom stereocenters. The summed E-state index contributed by atoms with van der Waals surface area (Å²) < 4.78 is 61.4. The molecule has 4 aromatic rings. The van der Waals surface area contributed by atoms with Gasteiger partial charge in [-0.15, -0.1) is 0 Å². The van der Waals surface area contributed by atoms with Crippen LogP contribution in [0.1, 0.15) is 358 Å². The molecule has 5 saturated carbocycles. The number of ether oxygens (including phenoxy) is 2. The number of aliphatic hydroxyl groups is 2. The van der Waals surface area contributed by atoms with Gasteiger partial charge in [0.15, 0.2) is 0 Å². The zero-order chi connectivity index (χ0) is 87.2. The zero-order valence-electron chi connectivity index (χ0n) is 80.6. The first-order valence-electron chi connectivity index (χ1n) is 52.6. The number of fused-ring (bicyclic) bond motifs is 5. The van der Waals surface area contributed by atoms with E-state index in [1.807, 2.05) is 24.3 Å². The maximum absolute atomic E-state index is 12.7. The van der Waals surface area contributed by atoms with Gasteiger partial charge in [0, 0.05) is 35.8 Å². The second kappa shape index (κ2) is 45.2. The van der Waals surface area contributed by atoms with E-state index in [1.165, 1.54) is 280 Å². The summed E-state index contributed by atoms with van der Waals surface area (Å²) in [6, 6.07) is 39.0. The van der Waals surface area contributed by atoms with Crippen molar-refractivity contribution >= 4 is 17.6 Å². The molecule has 4 heterocycles. The first kappa shape index (κ1) is 98.0. The monoisotopic (exact) mass is 1750 g/mol. The Balaban J connectivity index is 0.483. The highest BCUT2D eigenvalue weighted by Crippen LogP contribution is 2.98. The second-order valence-electron chi connectivity index (χ2n) is 43.5. The third kappa shape index (κ3) is 22.2. The van der Waals surface area contributed by atoms with Gasteiger partial charge in [0.05, 0.1) is 107 Å². The largest absolute Gasteiger partial charge is 0.502 e. The lowest BCUT2D eigenvalue weighted by Crippen LogP contribution is -3.11. The molecule has 13 rings (SSSR count). The number of benzene rings is 4. The van der Waals surface area contributed by atoms with Crippen molar-refractivity contribution in [3.63, 3.8) is 0 Å². The van der Waals surface area contributed by atoms with Gasteiger partial charge in [-0.25, -0.2) is 0 Å². The number of unbranched alkanes of at least 4 members (excludes halogenated alkanes) is 36. The molecule has 696 valence electrons. The van der Waals surface area contributed by atoms with E-state index in [4.69, 9.17) is 36.0 Å². The molecule has 0 radical (unpaired) electrons. The highest BCUT2D eigenvalue weighted by Gasteiger charge is 3.14. The van der Waals surface area contributed by atoms with Crippen LogP contribution in [0.15, 0.2) is 109 Å². The highest BCUT2D eigenvalue weighted by molar-refractivity contribution is 6.64. The van der Waals surface area contributed by atoms with Crippen LogP contribution < -0.4 is 9.47 Å². The van der Waals surface area contributed by atoms with Crippen LogP contribution in [0.4, 0.5) is 0 Å². The molecule has 2 N–H and O–H groups in total. The smallest absolute Gasteiger partial charge is 0.494 e. The van der Waals surface area contributed by atoms with Gasteiger partial charge in [0.25, 0.3) is 0 Å². The van der Waals surface area contributed by atoms with Crippen molar-refractivity contribution in [3.8, 4) is 11.5 Å². The van der Waals surface area contributed by atoms with E-state index in [0.29, 0.717) is 36.5 Å². The van der Waals surface area contributed by atoms with Crippen LogP contribution in [0, 0.1) is 23.7 Å². The Labute approximate surface area is 758 Å². The molecule has 4 spiro atoms. The first-order valence-corrected chi connectivity index (χ1v) is 56.5. The molecule has 14 nitrogen and oxygen atoms in total. The van der Waals surface area contributed by atoms with Crippen LogP contribution >= 0.6 is 0 Å². The van der Waals surface area contributed by atoms with Crippen molar-refractivity contribution in [1.82, 2.24) is 0 Å². The summed E-state index contributed by atoms with van der Waals surface area (Å²) in [4.78, 5) is 0. The minimum atomic E-state index is -2.94. The van der Waals surface area contributed by atoms with Crippen LogP contribution in [-0.2, 0) is 37.8 Å². The summed E-state index contributed by atoms with van der Waals surface area (Å²) in [6.07, 6.45) is 59.6. The molecule has 4 aromatic carbocycles. The molecule has 0 aromatic heterocycles. The Morgan fingerprint density at radius 1 is 0.315 bits per heavy atom. The minimum Gasteiger partial charge on any atom is -0.494 e. The van der Waals surface area contributed by atoms with Crippen LogP contribution in [0.3, 0.4) is 0 Å². The molecule has 9 fully saturated rings. The average Bonchev–Trinajstić information content (AvgIpc) is 1.31. The fourth-order valence-electron chi connectivity index (χ4n) is 25.6. The molecule has 4 aliphatic heterocycles. The quantitative estimate of drug-likeness (QED) is 0.0252. The third-order valence-electron chi connectivity index (χ3n) is 33.0. The van der Waals surface area contributed by atoms with Gasteiger partial charge < -0.3 is 64.2 Å². The summed E-state index contributed by atoms with van der Waals surface area (Å²) >= 11 is 0. The second-order valence-corrected chi connectivity index (χ2v) is 48.5. The molecular weight excluding hydrogens is 1570 g/mol. The summed E-state index contributed by atoms with van der Waals surface area (Å²) in [5, 5.41) is 25.2. The Kier molecular flexibility index (Phi) is 35.7. The zero-order valence-corrected chi connectivity index (χ0v) is 82.6. The predicted molar refractivity (Wildman–Crippen MR) is 512 cm³/mol. The Bertz CT molecular complexity index is 3770. The molecule has 4 bridgehead atoms. The third-order valence-corrected chi connectivity index (χ3v) is 38.8. The van der Waals surface area contributed by atoms with Gasteiger partial charge >= 0.3 is 17.6 Å². The van der Waals surface area contributed by atoms with Gasteiger partial charge in [-0.05, 0) is 175 Å². The fourth-order valence-corrected chi connectivity index (χ4v) is 33.1. The van der Waals surface area contributed by atoms with Gasteiger partial charge in [-0.2, -0.15) is 0 Å². The van der Waals surface area contributed by atoms with Gasteiger partial charge in [0.2, 0.25) is 0 Å². The molecule has 5 aliphatic carbocycles. The van der Waals surface area contributed by atoms with Crippen molar-refractivity contribution in [2.45, 2.75) is 394 Å². The van der Waals surface area contributed by atoms with E-state index < -0.39 is 40.0 Å². The summed E-state index contributed by atoms with van der Waals surface area (Å²) in [5.74, 6) is 3.80. The average molecular weight is 1750 g/mol. The van der Waals surface area contributed by atoms with E-state index in [9.17, 15) is 10.2 Å². The van der Waals surface area contributed by atoms with Crippen LogP contribution in [0.5, 0.6) is 11.5 Å². The molecule has 4 saturated heterocycles. The minimum absolute atomic E-state index is 0.123. The van der Waals surface area contributed by atoms with E-state index in [-0.39, 0.29) is 23.4 Å². The lowest BCUT2D eigenvalue weighted by atomic mass is 9.14. The summed E-state index contributed by atoms with van der Waals surface area (Å²) in [5.41, 5.74) is 0.0719. The summed E-state index contributed by atoms with van der Waals surface area (Å²) in [6.45, 7) is 23.6. The Hall–Kier alpha value is -3.57. The van der Waals surface area contributed by atoms with Crippen molar-refractivity contribution in [2.75, 3.05) is 121 Å². The van der Waals surface area contributed by atoms with E-state index in [2.05, 4.69) is 155 Å². The number of hydrogen-bond acceptors (Lipinski definition) is 10. The van der Waals surface area contributed by atoms with Crippen molar-refractivity contribution < 1.29 is 64.2 Å². The SMILES string of the molecule is CCCCCCCCCCCC[N+](C)(C)CC[N+](C)(CCC)CCCCCCCOc1ccc(C(O)(CCCCCCCCC[Si]23OC4CC5C6C7C8CC9O[Si]%10(CCCCCCCC(O)(c%11ccccc%11)c%11ccc(OCCCCCCC[N+](C)(CCC)CC[N+](C)(C)CCCCCCCCCCCC)cc%11)OC98C7(O%10)C6(O2)C45O3)c2ccccc2)cc1. The maximum Gasteiger partial charge on any atom is 0.502 e. The molecule has 16 heteroatoms. The lowest BCUT2D eigenvalue weighted by Gasteiger charge is -2.95. The molecule has 0 amide bonds. The first-order chi connectivity index (χ1) is 60.1. The lowest BCUT2D eigenvalue weighted by molar-refractivity contribution is -0.955. The van der Waals surface area contributed by atoms with Crippen molar-refractivity contribution in [3.05, 3.63) is 131 Å². The van der Waals surface area contributed by atoms with Crippen LogP contribution in [-0.4, -0.2) is 201 Å². The van der Waals surface area contributed by atoms with Gasteiger partial charge in [-0.3, -0.25) is 0 Å². The topological polar surface area (TPSA) is 114 Å². The van der Waals surface area contributed by atoms with Crippen molar-refractivity contribution in [1.29, 1.82) is 0 Å². The highest BCUT2D eigenvalue weighted by atomic mass is 28.4. The van der Waals surface area contributed by atoms with Crippen LogP contribution in [0.25, 0.3) is 0 Å². The number of rotatable bonds is 72. The molecule has 9 aliphatic rings. The van der Waals surface area contributed by atoms with Crippen molar-refractivity contribution in [2.24, 2.45) is 23.7 Å². The maximum atomic E-state index is 12.7.